The first-order valence-corrected chi connectivity index (χ1v) is 9.11. The minimum Gasteiger partial charge on any atom is -0.385 e. The number of carbonyl (C=O) groups is 1. The van der Waals surface area contributed by atoms with Gasteiger partial charge in [0, 0.05) is 17.7 Å². The predicted octanol–water partition coefficient (Wildman–Crippen LogP) is 3.04. The summed E-state index contributed by atoms with van der Waals surface area (Å²) >= 11 is 0. The molecule has 0 aliphatic carbocycles. The van der Waals surface area contributed by atoms with Gasteiger partial charge in [-0.25, -0.2) is 22.5 Å². The van der Waals surface area contributed by atoms with Crippen molar-refractivity contribution in [2.45, 2.75) is 30.2 Å². The maximum atomic E-state index is 15.8. The predicted molar refractivity (Wildman–Crippen MR) is 101 cm³/mol. The van der Waals surface area contributed by atoms with E-state index in [0.29, 0.717) is 0 Å². The van der Waals surface area contributed by atoms with Crippen molar-refractivity contribution in [2.24, 2.45) is 10.7 Å². The van der Waals surface area contributed by atoms with Crippen LogP contribution in [-0.4, -0.2) is 41.3 Å². The number of halogens is 4. The number of nitrogens with zero attached hydrogens (tertiary/aromatic N) is 2. The van der Waals surface area contributed by atoms with Crippen LogP contribution in [0.15, 0.2) is 41.5 Å². The van der Waals surface area contributed by atoms with Crippen LogP contribution in [0.4, 0.5) is 23.2 Å². The van der Waals surface area contributed by atoms with E-state index in [1.54, 1.807) is 0 Å². The van der Waals surface area contributed by atoms with Crippen molar-refractivity contribution in [1.82, 2.24) is 4.98 Å². The molecule has 0 unspecified atom stereocenters. The minimum absolute atomic E-state index is 0.0717. The van der Waals surface area contributed by atoms with E-state index < -0.39 is 53.3 Å². The van der Waals surface area contributed by atoms with Crippen molar-refractivity contribution in [3.63, 3.8) is 0 Å². The average molecular weight is 422 g/mol. The number of pyridine rings is 1. The fraction of sp³-hybridized carbons (Fsp3) is 0.350. The Labute approximate surface area is 169 Å². The summed E-state index contributed by atoms with van der Waals surface area (Å²) in [6.45, 7) is 0.297. The van der Waals surface area contributed by atoms with E-state index in [1.807, 2.05) is 0 Å². The molecule has 0 radical (unpaired) electrons. The summed E-state index contributed by atoms with van der Waals surface area (Å²) in [4.78, 5) is 20.0. The van der Waals surface area contributed by atoms with E-state index >= 15 is 4.39 Å². The molecule has 1 saturated heterocycles. The number of aliphatic imine (C=N–C) groups is 1. The maximum absolute atomic E-state index is 15.8. The van der Waals surface area contributed by atoms with Gasteiger partial charge in [-0.3, -0.25) is 9.79 Å². The van der Waals surface area contributed by atoms with Crippen LogP contribution in [0.2, 0.25) is 0 Å². The first kappa shape index (κ1) is 20.3. The number of nitrogens with two attached hydrogens (primary N) is 1. The topological polar surface area (TPSA) is 89.6 Å². The number of carbonyl (C=O) groups excluding carboxylic acids is 1. The summed E-state index contributed by atoms with van der Waals surface area (Å²) in [7, 11) is 0. The lowest BCUT2D eigenvalue weighted by Crippen LogP contribution is -2.58. The van der Waals surface area contributed by atoms with E-state index in [1.165, 1.54) is 18.2 Å². The van der Waals surface area contributed by atoms with Crippen LogP contribution in [0.3, 0.4) is 0 Å². The summed E-state index contributed by atoms with van der Waals surface area (Å²) in [6.07, 6.45) is 0.232. The van der Waals surface area contributed by atoms with Crippen molar-refractivity contribution in [2.75, 3.05) is 18.5 Å². The standard InChI is InChI=1S/C20H18F4N4O2/c1-18(23)8-19(24)9-30-10-20(19,28-17(18)25)13-6-12(3-4-14(13)22)27-16(29)15-5-2-11(21)7-26-15/h2-7H,8-10H2,1H3,(H2,25,28)(H,27,29)/t18-,19+,20-/m1/s1. The zero-order chi connectivity index (χ0) is 21.7. The number of aromatic nitrogens is 1. The summed E-state index contributed by atoms with van der Waals surface area (Å²) in [6, 6.07) is 5.75. The molecule has 4 rings (SSSR count). The van der Waals surface area contributed by atoms with Gasteiger partial charge in [-0.2, -0.15) is 0 Å². The highest BCUT2D eigenvalue weighted by atomic mass is 19.2. The third-order valence-corrected chi connectivity index (χ3v) is 5.47. The van der Waals surface area contributed by atoms with Gasteiger partial charge in [-0.15, -0.1) is 0 Å². The molecule has 2 aliphatic heterocycles. The van der Waals surface area contributed by atoms with E-state index in [4.69, 9.17) is 10.5 Å². The molecule has 3 N–H and O–H groups in total. The molecule has 0 bridgehead atoms. The summed E-state index contributed by atoms with van der Waals surface area (Å²) in [5, 5.41) is 2.49. The Balaban J connectivity index is 1.74. The van der Waals surface area contributed by atoms with E-state index in [-0.39, 0.29) is 23.6 Å². The molecule has 1 amide bonds. The molecule has 1 aromatic carbocycles. The molecule has 1 aromatic heterocycles. The van der Waals surface area contributed by atoms with E-state index in [2.05, 4.69) is 15.3 Å². The molecular weight excluding hydrogens is 404 g/mol. The van der Waals surface area contributed by atoms with E-state index in [0.717, 1.165) is 25.3 Å². The van der Waals surface area contributed by atoms with Gasteiger partial charge in [0.1, 0.15) is 23.2 Å². The molecule has 1 fully saturated rings. The van der Waals surface area contributed by atoms with Crippen molar-refractivity contribution in [3.8, 4) is 0 Å². The molecule has 2 aromatic rings. The Hall–Kier alpha value is -3.01. The van der Waals surface area contributed by atoms with Gasteiger partial charge < -0.3 is 15.8 Å². The van der Waals surface area contributed by atoms with Gasteiger partial charge in [-0.05, 0) is 37.3 Å². The largest absolute Gasteiger partial charge is 0.385 e. The molecule has 2 aliphatic rings. The maximum Gasteiger partial charge on any atom is 0.274 e. The van der Waals surface area contributed by atoms with Crippen LogP contribution in [-0.2, 0) is 10.3 Å². The van der Waals surface area contributed by atoms with E-state index in [9.17, 15) is 18.0 Å². The van der Waals surface area contributed by atoms with Crippen molar-refractivity contribution < 1.29 is 27.1 Å². The van der Waals surface area contributed by atoms with Gasteiger partial charge in [-0.1, -0.05) is 0 Å². The van der Waals surface area contributed by atoms with Gasteiger partial charge in [0.15, 0.2) is 16.9 Å². The Morgan fingerprint density at radius 2 is 1.97 bits per heavy atom. The lowest BCUT2D eigenvalue weighted by Gasteiger charge is -2.43. The van der Waals surface area contributed by atoms with Crippen LogP contribution in [0, 0.1) is 11.6 Å². The number of nitrogens with one attached hydrogen (secondary N) is 1. The highest BCUT2D eigenvalue weighted by Crippen LogP contribution is 2.53. The van der Waals surface area contributed by atoms with Crippen molar-refractivity contribution >= 4 is 17.4 Å². The molecule has 30 heavy (non-hydrogen) atoms. The van der Waals surface area contributed by atoms with Gasteiger partial charge >= 0.3 is 0 Å². The molecule has 3 heterocycles. The lowest BCUT2D eigenvalue weighted by molar-refractivity contribution is 0.0234. The van der Waals surface area contributed by atoms with Crippen LogP contribution >= 0.6 is 0 Å². The zero-order valence-corrected chi connectivity index (χ0v) is 15.9. The fourth-order valence-electron chi connectivity index (χ4n) is 3.88. The molecule has 10 heteroatoms. The molecule has 6 nitrogen and oxygen atoms in total. The smallest absolute Gasteiger partial charge is 0.274 e. The molecule has 3 atom stereocenters. The number of ether oxygens (including phenoxy) is 1. The molecule has 0 saturated carbocycles. The summed E-state index contributed by atoms with van der Waals surface area (Å²) in [5.41, 5.74) is -0.866. The number of amides is 1. The second kappa shape index (κ2) is 6.76. The summed E-state index contributed by atoms with van der Waals surface area (Å²) < 4.78 is 63.5. The normalized spacial score (nSPS) is 30.5. The first-order valence-electron chi connectivity index (χ1n) is 9.11. The van der Waals surface area contributed by atoms with Crippen LogP contribution in [0.25, 0.3) is 0 Å². The van der Waals surface area contributed by atoms with Gasteiger partial charge in [0.2, 0.25) is 0 Å². The third kappa shape index (κ3) is 3.11. The zero-order valence-electron chi connectivity index (χ0n) is 15.9. The number of hydrogen-bond acceptors (Lipinski definition) is 5. The Bertz CT molecular complexity index is 1040. The van der Waals surface area contributed by atoms with Gasteiger partial charge in [0.05, 0.1) is 19.4 Å². The summed E-state index contributed by atoms with van der Waals surface area (Å²) in [5.74, 6) is -2.55. The second-order valence-electron chi connectivity index (χ2n) is 7.70. The average Bonchev–Trinajstić information content (AvgIpc) is 2.99. The van der Waals surface area contributed by atoms with Crippen LogP contribution < -0.4 is 11.1 Å². The minimum atomic E-state index is -2.33. The monoisotopic (exact) mass is 422 g/mol. The van der Waals surface area contributed by atoms with Crippen LogP contribution in [0.1, 0.15) is 29.4 Å². The number of hydrogen-bond donors (Lipinski definition) is 2. The fourth-order valence-corrected chi connectivity index (χ4v) is 3.88. The number of rotatable bonds is 3. The van der Waals surface area contributed by atoms with Crippen molar-refractivity contribution in [3.05, 3.63) is 59.4 Å². The van der Waals surface area contributed by atoms with Gasteiger partial charge in [0.25, 0.3) is 5.91 Å². The van der Waals surface area contributed by atoms with Crippen LogP contribution in [0.5, 0.6) is 0 Å². The molecular formula is C20H18F4N4O2. The SMILES string of the molecule is C[C@@]1(F)C[C@]2(F)COC[C@]2(c2cc(NC(=O)c3ccc(F)cn3)ccc2F)N=C1N. The number of amidine groups is 1. The Morgan fingerprint density at radius 3 is 2.67 bits per heavy atom. The second-order valence-corrected chi connectivity index (χ2v) is 7.70. The first-order chi connectivity index (χ1) is 14.1. The highest BCUT2D eigenvalue weighted by Gasteiger charge is 2.65. The number of anilines is 1. The van der Waals surface area contributed by atoms with Crippen molar-refractivity contribution in [1.29, 1.82) is 0 Å². The Kier molecular flexibility index (Phi) is 4.57. The highest BCUT2D eigenvalue weighted by molar-refractivity contribution is 6.02. The lowest BCUT2D eigenvalue weighted by atomic mass is 9.70. The molecule has 158 valence electrons. The third-order valence-electron chi connectivity index (χ3n) is 5.47. The molecule has 0 spiro atoms. The number of benzene rings is 1. The quantitative estimate of drug-likeness (QED) is 0.745. The number of alkyl halides is 2. The number of fused-ring (bicyclic) bond motifs is 1. The Morgan fingerprint density at radius 1 is 1.20 bits per heavy atom.